The SMILES string of the molecule is O=C(O)[C@@H]1C[C@@H](S(=O)(=O)c2ccccc2Cl)CN1C1COC1. The third-order valence-corrected chi connectivity index (χ3v) is 6.89. The first-order valence-corrected chi connectivity index (χ1v) is 8.88. The molecular formula is C14H16ClNO5S. The zero-order chi connectivity index (χ0) is 15.9. The fourth-order valence-corrected chi connectivity index (χ4v) is 5.19. The van der Waals surface area contributed by atoms with Crippen LogP contribution < -0.4 is 0 Å². The molecule has 6 nitrogen and oxygen atoms in total. The Hall–Kier alpha value is -1.15. The molecule has 1 aromatic rings. The summed E-state index contributed by atoms with van der Waals surface area (Å²) in [5.74, 6) is -0.997. The highest BCUT2D eigenvalue weighted by Crippen LogP contribution is 2.33. The largest absolute Gasteiger partial charge is 0.480 e. The van der Waals surface area contributed by atoms with Gasteiger partial charge in [0.05, 0.1) is 34.4 Å². The standard InChI is InChI=1S/C14H16ClNO5S/c15-11-3-1-2-4-13(11)22(19,20)10-5-12(14(17)18)16(6-10)9-7-21-8-9/h1-4,9-10,12H,5-8H2,(H,17,18)/t10-,12+/m1/s1. The molecular weight excluding hydrogens is 330 g/mol. The van der Waals surface area contributed by atoms with Crippen molar-refractivity contribution >= 4 is 27.4 Å². The summed E-state index contributed by atoms with van der Waals surface area (Å²) >= 11 is 5.99. The van der Waals surface area contributed by atoms with Crippen LogP contribution in [0.4, 0.5) is 0 Å². The third kappa shape index (κ3) is 2.62. The molecule has 0 aromatic heterocycles. The molecule has 0 spiro atoms. The highest BCUT2D eigenvalue weighted by atomic mass is 35.5. The van der Waals surface area contributed by atoms with Crippen LogP contribution in [0.2, 0.25) is 5.02 Å². The van der Waals surface area contributed by atoms with Crippen LogP contribution in [-0.2, 0) is 19.4 Å². The van der Waals surface area contributed by atoms with Gasteiger partial charge < -0.3 is 9.84 Å². The molecule has 2 fully saturated rings. The zero-order valence-corrected chi connectivity index (χ0v) is 13.3. The van der Waals surface area contributed by atoms with Crippen molar-refractivity contribution in [2.75, 3.05) is 19.8 Å². The lowest BCUT2D eigenvalue weighted by atomic mass is 10.1. The van der Waals surface area contributed by atoms with Crippen LogP contribution >= 0.6 is 11.6 Å². The quantitative estimate of drug-likeness (QED) is 0.877. The number of carboxylic acid groups (broad SMARTS) is 1. The van der Waals surface area contributed by atoms with E-state index in [0.717, 1.165) is 0 Å². The molecule has 120 valence electrons. The van der Waals surface area contributed by atoms with Crippen LogP contribution in [-0.4, -0.2) is 61.5 Å². The van der Waals surface area contributed by atoms with Gasteiger partial charge in [0.2, 0.25) is 0 Å². The van der Waals surface area contributed by atoms with Crippen LogP contribution in [0.25, 0.3) is 0 Å². The molecule has 2 saturated heterocycles. The van der Waals surface area contributed by atoms with E-state index in [-0.39, 0.29) is 28.9 Å². The first-order chi connectivity index (χ1) is 10.4. The third-order valence-electron chi connectivity index (χ3n) is 4.26. The molecule has 0 amide bonds. The number of aliphatic carboxylic acids is 1. The first kappa shape index (κ1) is 15.7. The second-order valence-electron chi connectivity index (χ2n) is 5.58. The fraction of sp³-hybridized carbons (Fsp3) is 0.500. The maximum Gasteiger partial charge on any atom is 0.320 e. The Labute approximate surface area is 133 Å². The van der Waals surface area contributed by atoms with Crippen molar-refractivity contribution in [1.29, 1.82) is 0 Å². The summed E-state index contributed by atoms with van der Waals surface area (Å²) in [6, 6.07) is 5.44. The van der Waals surface area contributed by atoms with Gasteiger partial charge in [0.1, 0.15) is 6.04 Å². The Morgan fingerprint density at radius 1 is 1.32 bits per heavy atom. The lowest BCUT2D eigenvalue weighted by Gasteiger charge is -2.36. The maximum atomic E-state index is 12.8. The molecule has 0 unspecified atom stereocenters. The van der Waals surface area contributed by atoms with E-state index in [1.54, 1.807) is 17.0 Å². The minimum absolute atomic E-state index is 0.0208. The Morgan fingerprint density at radius 3 is 2.55 bits per heavy atom. The number of halogens is 1. The molecule has 22 heavy (non-hydrogen) atoms. The van der Waals surface area contributed by atoms with Gasteiger partial charge in [0, 0.05) is 6.54 Å². The van der Waals surface area contributed by atoms with Gasteiger partial charge in [-0.3, -0.25) is 9.69 Å². The first-order valence-electron chi connectivity index (χ1n) is 6.96. The van der Waals surface area contributed by atoms with Gasteiger partial charge in [-0.25, -0.2) is 8.42 Å². The average molecular weight is 346 g/mol. The van der Waals surface area contributed by atoms with Crippen LogP contribution in [0.1, 0.15) is 6.42 Å². The molecule has 2 aliphatic rings. The average Bonchev–Trinajstić information content (AvgIpc) is 2.82. The Balaban J connectivity index is 1.89. The van der Waals surface area contributed by atoms with Gasteiger partial charge in [-0.2, -0.15) is 0 Å². The molecule has 2 aliphatic heterocycles. The highest BCUT2D eigenvalue weighted by molar-refractivity contribution is 7.92. The lowest BCUT2D eigenvalue weighted by molar-refractivity contribution is -0.147. The van der Waals surface area contributed by atoms with Gasteiger partial charge >= 0.3 is 5.97 Å². The number of nitrogens with zero attached hydrogens (tertiary/aromatic N) is 1. The summed E-state index contributed by atoms with van der Waals surface area (Å²) < 4.78 is 30.6. The number of rotatable bonds is 4. The molecule has 2 atom stereocenters. The Morgan fingerprint density at radius 2 is 2.00 bits per heavy atom. The summed E-state index contributed by atoms with van der Waals surface area (Å²) in [4.78, 5) is 13.2. The van der Waals surface area contributed by atoms with E-state index in [0.29, 0.717) is 13.2 Å². The fourth-order valence-electron chi connectivity index (χ4n) is 2.96. The molecule has 8 heteroatoms. The van der Waals surface area contributed by atoms with E-state index in [1.165, 1.54) is 12.1 Å². The lowest BCUT2D eigenvalue weighted by Crippen LogP contribution is -2.53. The van der Waals surface area contributed by atoms with E-state index in [9.17, 15) is 18.3 Å². The number of carbonyl (C=O) groups is 1. The Bertz CT molecular complexity index is 688. The van der Waals surface area contributed by atoms with Gasteiger partial charge in [0.25, 0.3) is 0 Å². The monoisotopic (exact) mass is 345 g/mol. The highest BCUT2D eigenvalue weighted by Gasteiger charge is 2.47. The van der Waals surface area contributed by atoms with Gasteiger partial charge in [-0.1, -0.05) is 23.7 Å². The summed E-state index contributed by atoms with van der Waals surface area (Å²) in [5, 5.41) is 8.75. The molecule has 0 aliphatic carbocycles. The van der Waals surface area contributed by atoms with Crippen molar-refractivity contribution in [3.8, 4) is 0 Å². The molecule has 2 heterocycles. The minimum atomic E-state index is -3.66. The van der Waals surface area contributed by atoms with Crippen molar-refractivity contribution in [2.24, 2.45) is 0 Å². The molecule has 1 aromatic carbocycles. The van der Waals surface area contributed by atoms with Gasteiger partial charge in [0.15, 0.2) is 9.84 Å². The summed E-state index contributed by atoms with van der Waals surface area (Å²) in [6.07, 6.45) is 0.0688. The number of sulfone groups is 1. The number of hydrogen-bond donors (Lipinski definition) is 1. The number of hydrogen-bond acceptors (Lipinski definition) is 5. The molecule has 1 N–H and O–H groups in total. The molecule has 0 saturated carbocycles. The number of likely N-dealkylation sites (tertiary alicyclic amines) is 1. The van der Waals surface area contributed by atoms with Crippen molar-refractivity contribution in [2.45, 2.75) is 28.6 Å². The predicted molar refractivity (Wildman–Crippen MR) is 79.8 cm³/mol. The van der Waals surface area contributed by atoms with Gasteiger partial charge in [-0.15, -0.1) is 0 Å². The van der Waals surface area contributed by atoms with Crippen molar-refractivity contribution in [3.63, 3.8) is 0 Å². The molecule has 3 rings (SSSR count). The smallest absolute Gasteiger partial charge is 0.320 e. The normalized spacial score (nSPS) is 26.8. The van der Waals surface area contributed by atoms with E-state index in [1.807, 2.05) is 0 Å². The van der Waals surface area contributed by atoms with E-state index in [4.69, 9.17) is 16.3 Å². The molecule has 0 bridgehead atoms. The summed E-state index contributed by atoms with van der Waals surface area (Å²) in [7, 11) is -3.66. The van der Waals surface area contributed by atoms with E-state index >= 15 is 0 Å². The summed E-state index contributed by atoms with van der Waals surface area (Å²) in [5.41, 5.74) is 0. The minimum Gasteiger partial charge on any atom is -0.480 e. The molecule has 0 radical (unpaired) electrons. The Kier molecular flexibility index (Phi) is 4.15. The predicted octanol–water partition coefficient (Wildman–Crippen LogP) is 1.04. The number of benzene rings is 1. The van der Waals surface area contributed by atoms with Gasteiger partial charge in [-0.05, 0) is 18.6 Å². The van der Waals surface area contributed by atoms with E-state index in [2.05, 4.69) is 0 Å². The maximum absolute atomic E-state index is 12.8. The van der Waals surface area contributed by atoms with E-state index < -0.39 is 27.1 Å². The second-order valence-corrected chi connectivity index (χ2v) is 8.18. The number of carboxylic acids is 1. The van der Waals surface area contributed by atoms with Crippen LogP contribution in [0.3, 0.4) is 0 Å². The summed E-state index contributed by atoms with van der Waals surface area (Å²) in [6.45, 7) is 1.09. The van der Waals surface area contributed by atoms with Crippen LogP contribution in [0, 0.1) is 0 Å². The van der Waals surface area contributed by atoms with Crippen LogP contribution in [0.15, 0.2) is 29.2 Å². The zero-order valence-electron chi connectivity index (χ0n) is 11.7. The van der Waals surface area contributed by atoms with Crippen molar-refractivity contribution in [3.05, 3.63) is 29.3 Å². The van der Waals surface area contributed by atoms with Crippen molar-refractivity contribution < 1.29 is 23.1 Å². The van der Waals surface area contributed by atoms with Crippen molar-refractivity contribution in [1.82, 2.24) is 4.90 Å². The van der Waals surface area contributed by atoms with Crippen LogP contribution in [0.5, 0.6) is 0 Å². The second kappa shape index (κ2) is 5.81. The topological polar surface area (TPSA) is 83.9 Å². The number of ether oxygens (including phenoxy) is 1.